The first-order valence-electron chi connectivity index (χ1n) is 7.71. The van der Waals surface area contributed by atoms with Gasteiger partial charge in [-0.2, -0.15) is 0 Å². The van der Waals surface area contributed by atoms with E-state index >= 15 is 0 Å². The molecule has 1 saturated heterocycles. The summed E-state index contributed by atoms with van der Waals surface area (Å²) >= 11 is 0. The maximum absolute atomic E-state index is 12.5. The quantitative estimate of drug-likeness (QED) is 0.889. The predicted molar refractivity (Wildman–Crippen MR) is 83.5 cm³/mol. The van der Waals surface area contributed by atoms with Crippen molar-refractivity contribution >= 4 is 17.3 Å². The minimum absolute atomic E-state index is 0.0549. The number of hydrogen-bond donors (Lipinski definition) is 2. The third-order valence-electron chi connectivity index (χ3n) is 4.45. The molecule has 1 amide bonds. The van der Waals surface area contributed by atoms with Crippen LogP contribution < -0.4 is 16.0 Å². The molecule has 0 bridgehead atoms. The molecule has 1 aromatic carbocycles. The zero-order chi connectivity index (χ0) is 14.7. The molecule has 0 unspecified atom stereocenters. The Kier molecular flexibility index (Phi) is 4.12. The fraction of sp³-hybridized carbons (Fsp3) is 0.562. The zero-order valence-electron chi connectivity index (χ0n) is 12.3. The summed E-state index contributed by atoms with van der Waals surface area (Å²) in [6.45, 7) is 3.15. The minimum atomic E-state index is -0.696. The van der Waals surface area contributed by atoms with Crippen molar-refractivity contribution in [2.75, 3.05) is 36.5 Å². The van der Waals surface area contributed by atoms with Crippen molar-refractivity contribution in [3.63, 3.8) is 0 Å². The van der Waals surface area contributed by atoms with Crippen LogP contribution in [-0.4, -0.2) is 37.7 Å². The first-order valence-corrected chi connectivity index (χ1v) is 7.71. The average molecular weight is 289 g/mol. The second-order valence-corrected chi connectivity index (χ2v) is 5.93. The van der Waals surface area contributed by atoms with Crippen LogP contribution in [0.15, 0.2) is 24.3 Å². The van der Waals surface area contributed by atoms with Gasteiger partial charge in [-0.25, -0.2) is 0 Å². The fourth-order valence-corrected chi connectivity index (χ4v) is 3.14. The normalized spacial score (nSPS) is 21.3. The van der Waals surface area contributed by atoms with Crippen LogP contribution in [0.25, 0.3) is 0 Å². The number of nitrogens with zero attached hydrogens (tertiary/aromatic N) is 1. The molecule has 1 aromatic rings. The zero-order valence-corrected chi connectivity index (χ0v) is 12.3. The fourth-order valence-electron chi connectivity index (χ4n) is 3.14. The highest BCUT2D eigenvalue weighted by molar-refractivity contribution is 6.00. The van der Waals surface area contributed by atoms with E-state index < -0.39 is 5.54 Å². The number of morpholine rings is 1. The van der Waals surface area contributed by atoms with E-state index in [1.54, 1.807) is 0 Å². The summed E-state index contributed by atoms with van der Waals surface area (Å²) in [6, 6.07) is 7.92. The molecule has 3 rings (SSSR count). The van der Waals surface area contributed by atoms with Crippen molar-refractivity contribution in [3.05, 3.63) is 24.3 Å². The van der Waals surface area contributed by atoms with E-state index in [4.69, 9.17) is 10.5 Å². The third-order valence-corrected chi connectivity index (χ3v) is 4.45. The van der Waals surface area contributed by atoms with Crippen LogP contribution >= 0.6 is 0 Å². The Bertz CT molecular complexity index is 506. The number of carbonyl (C=O) groups excluding carboxylic acids is 1. The van der Waals surface area contributed by atoms with E-state index in [0.29, 0.717) is 0 Å². The third kappa shape index (κ3) is 3.04. The van der Waals surface area contributed by atoms with E-state index in [2.05, 4.69) is 10.2 Å². The number of nitrogens with one attached hydrogen (secondary N) is 1. The van der Waals surface area contributed by atoms with E-state index in [-0.39, 0.29) is 5.91 Å². The van der Waals surface area contributed by atoms with Gasteiger partial charge in [0.1, 0.15) is 0 Å². The molecule has 5 heteroatoms. The number of amides is 1. The predicted octanol–water partition coefficient (Wildman–Crippen LogP) is 1.73. The molecule has 2 fully saturated rings. The van der Waals surface area contributed by atoms with E-state index in [1.807, 2.05) is 24.3 Å². The number of anilines is 2. The molecule has 1 heterocycles. The second-order valence-electron chi connectivity index (χ2n) is 5.93. The van der Waals surface area contributed by atoms with Crippen molar-refractivity contribution in [1.29, 1.82) is 0 Å². The van der Waals surface area contributed by atoms with Gasteiger partial charge in [-0.1, -0.05) is 25.0 Å². The molecule has 114 valence electrons. The van der Waals surface area contributed by atoms with Crippen LogP contribution in [-0.2, 0) is 9.53 Å². The molecular formula is C16H23N3O2. The molecule has 21 heavy (non-hydrogen) atoms. The Morgan fingerprint density at radius 2 is 1.86 bits per heavy atom. The first kappa shape index (κ1) is 14.4. The van der Waals surface area contributed by atoms with Crippen molar-refractivity contribution in [2.45, 2.75) is 31.2 Å². The van der Waals surface area contributed by atoms with Crippen LogP contribution in [0.5, 0.6) is 0 Å². The Morgan fingerprint density at radius 1 is 1.19 bits per heavy atom. The maximum Gasteiger partial charge on any atom is 0.244 e. The molecule has 3 N–H and O–H groups in total. The van der Waals surface area contributed by atoms with Gasteiger partial charge in [0.05, 0.1) is 30.1 Å². The first-order chi connectivity index (χ1) is 10.2. The number of carbonyl (C=O) groups is 1. The van der Waals surface area contributed by atoms with Gasteiger partial charge in [0.25, 0.3) is 0 Å². The van der Waals surface area contributed by atoms with Crippen molar-refractivity contribution in [3.8, 4) is 0 Å². The van der Waals surface area contributed by atoms with Crippen molar-refractivity contribution in [1.82, 2.24) is 0 Å². The Labute approximate surface area is 125 Å². The molecule has 2 aliphatic rings. The summed E-state index contributed by atoms with van der Waals surface area (Å²) in [4.78, 5) is 14.7. The number of benzene rings is 1. The Morgan fingerprint density at radius 3 is 2.57 bits per heavy atom. The monoisotopic (exact) mass is 289 g/mol. The van der Waals surface area contributed by atoms with Crippen LogP contribution in [0.1, 0.15) is 25.7 Å². The summed E-state index contributed by atoms with van der Waals surface area (Å²) in [5.41, 5.74) is 7.44. The lowest BCUT2D eigenvalue weighted by molar-refractivity contribution is -0.120. The van der Waals surface area contributed by atoms with Gasteiger partial charge in [0, 0.05) is 13.1 Å². The van der Waals surface area contributed by atoms with Gasteiger partial charge < -0.3 is 20.7 Å². The largest absolute Gasteiger partial charge is 0.378 e. The van der Waals surface area contributed by atoms with Crippen LogP contribution in [0.4, 0.5) is 11.4 Å². The highest BCUT2D eigenvalue weighted by atomic mass is 16.5. The second kappa shape index (κ2) is 6.03. The number of ether oxygens (including phenoxy) is 1. The molecule has 0 aromatic heterocycles. The molecule has 0 spiro atoms. The standard InChI is InChI=1S/C16H23N3O2/c17-16(7-3-4-8-16)15(20)18-13-5-1-2-6-14(13)19-9-11-21-12-10-19/h1-2,5-6H,3-4,7-12,17H2,(H,18,20). The average Bonchev–Trinajstić information content (AvgIpc) is 2.97. The van der Waals surface area contributed by atoms with Crippen molar-refractivity contribution in [2.24, 2.45) is 5.73 Å². The van der Waals surface area contributed by atoms with Crippen LogP contribution in [0, 0.1) is 0 Å². The van der Waals surface area contributed by atoms with Gasteiger partial charge in [0.2, 0.25) is 5.91 Å². The lowest BCUT2D eigenvalue weighted by Gasteiger charge is -2.31. The molecule has 0 radical (unpaired) electrons. The SMILES string of the molecule is NC1(C(=O)Nc2ccccc2N2CCOCC2)CCCC1. The Balaban J connectivity index is 1.77. The van der Waals surface area contributed by atoms with Gasteiger partial charge in [-0.3, -0.25) is 4.79 Å². The summed E-state index contributed by atoms with van der Waals surface area (Å²) in [5, 5.41) is 3.04. The number of nitrogens with two attached hydrogens (primary N) is 1. The molecule has 0 atom stereocenters. The summed E-state index contributed by atoms with van der Waals surface area (Å²) < 4.78 is 5.39. The summed E-state index contributed by atoms with van der Waals surface area (Å²) in [6.07, 6.45) is 3.63. The van der Waals surface area contributed by atoms with E-state index in [1.165, 1.54) is 0 Å². The van der Waals surface area contributed by atoms with Gasteiger partial charge >= 0.3 is 0 Å². The molecular weight excluding hydrogens is 266 g/mol. The van der Waals surface area contributed by atoms with Gasteiger partial charge in [-0.05, 0) is 25.0 Å². The lowest BCUT2D eigenvalue weighted by atomic mass is 9.98. The van der Waals surface area contributed by atoms with E-state index in [9.17, 15) is 4.79 Å². The summed E-state index contributed by atoms with van der Waals surface area (Å²) in [7, 11) is 0. The highest BCUT2D eigenvalue weighted by Gasteiger charge is 2.37. The number of hydrogen-bond acceptors (Lipinski definition) is 4. The van der Waals surface area contributed by atoms with Gasteiger partial charge in [0.15, 0.2) is 0 Å². The number of rotatable bonds is 3. The highest BCUT2D eigenvalue weighted by Crippen LogP contribution is 2.31. The maximum atomic E-state index is 12.5. The molecule has 5 nitrogen and oxygen atoms in total. The van der Waals surface area contributed by atoms with Crippen LogP contribution in [0.2, 0.25) is 0 Å². The smallest absolute Gasteiger partial charge is 0.244 e. The van der Waals surface area contributed by atoms with Gasteiger partial charge in [-0.15, -0.1) is 0 Å². The molecule has 1 saturated carbocycles. The van der Waals surface area contributed by atoms with Crippen molar-refractivity contribution < 1.29 is 9.53 Å². The Hall–Kier alpha value is -1.59. The number of para-hydroxylation sites is 2. The minimum Gasteiger partial charge on any atom is -0.378 e. The van der Waals surface area contributed by atoms with Crippen LogP contribution in [0.3, 0.4) is 0 Å². The lowest BCUT2D eigenvalue weighted by Crippen LogP contribution is -2.49. The topological polar surface area (TPSA) is 67.6 Å². The molecule has 1 aliphatic carbocycles. The molecule has 1 aliphatic heterocycles. The summed E-state index contributed by atoms with van der Waals surface area (Å²) in [5.74, 6) is -0.0549. The van der Waals surface area contributed by atoms with E-state index in [0.717, 1.165) is 63.4 Å².